The SMILES string of the molecule is CN=C(NCCCOC)NCCNC(=O)c1cccnc1. The molecule has 21 heavy (non-hydrogen) atoms. The first-order chi connectivity index (χ1) is 10.3. The van der Waals surface area contributed by atoms with Crippen LogP contribution in [-0.4, -0.2) is 57.2 Å². The van der Waals surface area contributed by atoms with E-state index >= 15 is 0 Å². The van der Waals surface area contributed by atoms with E-state index in [-0.39, 0.29) is 5.91 Å². The molecular weight excluding hydrogens is 270 g/mol. The zero-order chi connectivity index (χ0) is 15.3. The molecule has 116 valence electrons. The number of hydrogen-bond donors (Lipinski definition) is 3. The van der Waals surface area contributed by atoms with Crippen LogP contribution in [0.15, 0.2) is 29.5 Å². The molecule has 0 unspecified atom stereocenters. The van der Waals surface area contributed by atoms with Crippen molar-refractivity contribution in [3.05, 3.63) is 30.1 Å². The van der Waals surface area contributed by atoms with E-state index in [2.05, 4.69) is 25.9 Å². The highest BCUT2D eigenvalue weighted by molar-refractivity contribution is 5.93. The third-order valence-electron chi connectivity index (χ3n) is 2.67. The molecule has 0 spiro atoms. The number of carbonyl (C=O) groups excluding carboxylic acids is 1. The highest BCUT2D eigenvalue weighted by atomic mass is 16.5. The molecule has 0 bridgehead atoms. The Morgan fingerprint density at radius 2 is 2.05 bits per heavy atom. The van der Waals surface area contributed by atoms with E-state index in [9.17, 15) is 4.79 Å². The average molecular weight is 293 g/mol. The summed E-state index contributed by atoms with van der Waals surface area (Å²) in [6.07, 6.45) is 4.09. The number of rotatable bonds is 8. The summed E-state index contributed by atoms with van der Waals surface area (Å²) >= 11 is 0. The second-order valence-corrected chi connectivity index (χ2v) is 4.27. The van der Waals surface area contributed by atoms with Crippen LogP contribution in [0.1, 0.15) is 16.8 Å². The Morgan fingerprint density at radius 3 is 2.71 bits per heavy atom. The van der Waals surface area contributed by atoms with Crippen LogP contribution in [-0.2, 0) is 4.74 Å². The molecule has 1 rings (SSSR count). The summed E-state index contributed by atoms with van der Waals surface area (Å²) in [7, 11) is 3.39. The predicted octanol–water partition coefficient (Wildman–Crippen LogP) is 0.0129. The van der Waals surface area contributed by atoms with Gasteiger partial charge in [0.25, 0.3) is 5.91 Å². The zero-order valence-electron chi connectivity index (χ0n) is 12.6. The van der Waals surface area contributed by atoms with Crippen molar-refractivity contribution < 1.29 is 9.53 Å². The van der Waals surface area contributed by atoms with Crippen LogP contribution in [0.5, 0.6) is 0 Å². The molecule has 3 N–H and O–H groups in total. The molecule has 0 fully saturated rings. The monoisotopic (exact) mass is 293 g/mol. The van der Waals surface area contributed by atoms with Gasteiger partial charge in [-0.1, -0.05) is 0 Å². The summed E-state index contributed by atoms with van der Waals surface area (Å²) in [4.78, 5) is 19.8. The Balaban J connectivity index is 2.16. The molecule has 7 nitrogen and oxygen atoms in total. The van der Waals surface area contributed by atoms with Crippen molar-refractivity contribution in [1.29, 1.82) is 0 Å². The Kier molecular flexibility index (Phi) is 8.54. The summed E-state index contributed by atoms with van der Waals surface area (Å²) in [5, 5.41) is 9.09. The maximum absolute atomic E-state index is 11.8. The van der Waals surface area contributed by atoms with Gasteiger partial charge in [-0.05, 0) is 18.6 Å². The van der Waals surface area contributed by atoms with Gasteiger partial charge >= 0.3 is 0 Å². The summed E-state index contributed by atoms with van der Waals surface area (Å²) in [5.74, 6) is 0.578. The van der Waals surface area contributed by atoms with Gasteiger partial charge in [0.1, 0.15) is 0 Å². The summed E-state index contributed by atoms with van der Waals surface area (Å²) < 4.78 is 4.97. The summed E-state index contributed by atoms with van der Waals surface area (Å²) in [5.41, 5.74) is 0.555. The molecule has 1 heterocycles. The number of pyridine rings is 1. The van der Waals surface area contributed by atoms with Crippen molar-refractivity contribution in [2.45, 2.75) is 6.42 Å². The fraction of sp³-hybridized carbons (Fsp3) is 0.500. The maximum atomic E-state index is 11.8. The minimum atomic E-state index is -0.132. The summed E-state index contributed by atoms with van der Waals surface area (Å²) in [6, 6.07) is 3.46. The van der Waals surface area contributed by atoms with Crippen molar-refractivity contribution in [2.24, 2.45) is 4.99 Å². The highest BCUT2D eigenvalue weighted by Crippen LogP contribution is 1.94. The van der Waals surface area contributed by atoms with E-state index in [1.165, 1.54) is 0 Å². The van der Waals surface area contributed by atoms with Crippen LogP contribution in [0.2, 0.25) is 0 Å². The van der Waals surface area contributed by atoms with Crippen LogP contribution in [0.3, 0.4) is 0 Å². The molecule has 1 aromatic heterocycles. The number of carbonyl (C=O) groups is 1. The van der Waals surface area contributed by atoms with Gasteiger partial charge in [-0.2, -0.15) is 0 Å². The molecule has 1 aromatic rings. The lowest BCUT2D eigenvalue weighted by Gasteiger charge is -2.12. The van der Waals surface area contributed by atoms with Gasteiger partial charge in [0.15, 0.2) is 5.96 Å². The van der Waals surface area contributed by atoms with Crippen LogP contribution in [0, 0.1) is 0 Å². The van der Waals surface area contributed by atoms with E-state index in [4.69, 9.17) is 4.74 Å². The van der Waals surface area contributed by atoms with Crippen LogP contribution in [0.25, 0.3) is 0 Å². The maximum Gasteiger partial charge on any atom is 0.252 e. The highest BCUT2D eigenvalue weighted by Gasteiger charge is 2.03. The predicted molar refractivity (Wildman–Crippen MR) is 82.4 cm³/mol. The van der Waals surface area contributed by atoms with Gasteiger partial charge in [0, 0.05) is 52.8 Å². The molecule has 0 aliphatic carbocycles. The first-order valence-corrected chi connectivity index (χ1v) is 6.89. The van der Waals surface area contributed by atoms with Crippen LogP contribution >= 0.6 is 0 Å². The number of hydrogen-bond acceptors (Lipinski definition) is 4. The van der Waals surface area contributed by atoms with Crippen molar-refractivity contribution in [3.8, 4) is 0 Å². The molecule has 7 heteroatoms. The van der Waals surface area contributed by atoms with Gasteiger partial charge < -0.3 is 20.7 Å². The van der Waals surface area contributed by atoms with E-state index in [0.29, 0.717) is 31.2 Å². The van der Waals surface area contributed by atoms with Gasteiger partial charge in [-0.15, -0.1) is 0 Å². The third-order valence-corrected chi connectivity index (χ3v) is 2.67. The van der Waals surface area contributed by atoms with E-state index in [0.717, 1.165) is 13.0 Å². The van der Waals surface area contributed by atoms with Crippen molar-refractivity contribution >= 4 is 11.9 Å². The normalized spacial score (nSPS) is 11.0. The van der Waals surface area contributed by atoms with Crippen molar-refractivity contribution in [1.82, 2.24) is 20.9 Å². The minimum absolute atomic E-state index is 0.132. The number of amides is 1. The van der Waals surface area contributed by atoms with Gasteiger partial charge in [0.2, 0.25) is 0 Å². The smallest absolute Gasteiger partial charge is 0.252 e. The molecule has 0 aromatic carbocycles. The number of aromatic nitrogens is 1. The number of ether oxygens (including phenoxy) is 1. The molecule has 0 saturated heterocycles. The Labute approximate surface area is 125 Å². The number of guanidine groups is 1. The minimum Gasteiger partial charge on any atom is -0.385 e. The zero-order valence-corrected chi connectivity index (χ0v) is 12.6. The first kappa shape index (κ1) is 16.9. The number of methoxy groups -OCH3 is 1. The van der Waals surface area contributed by atoms with E-state index in [1.807, 2.05) is 0 Å². The Morgan fingerprint density at radius 1 is 1.29 bits per heavy atom. The van der Waals surface area contributed by atoms with Gasteiger partial charge in [0.05, 0.1) is 5.56 Å². The summed E-state index contributed by atoms with van der Waals surface area (Å²) in [6.45, 7) is 2.60. The largest absolute Gasteiger partial charge is 0.385 e. The van der Waals surface area contributed by atoms with Crippen molar-refractivity contribution in [3.63, 3.8) is 0 Å². The second kappa shape index (κ2) is 10.6. The van der Waals surface area contributed by atoms with Gasteiger partial charge in [-0.25, -0.2) is 0 Å². The molecule has 0 aliphatic heterocycles. The Bertz CT molecular complexity index is 436. The van der Waals surface area contributed by atoms with Crippen LogP contribution < -0.4 is 16.0 Å². The number of aliphatic imine (C=N–C) groups is 1. The quantitative estimate of drug-likeness (QED) is 0.357. The second-order valence-electron chi connectivity index (χ2n) is 4.27. The lowest BCUT2D eigenvalue weighted by molar-refractivity contribution is 0.0954. The molecule has 0 saturated carbocycles. The average Bonchev–Trinajstić information content (AvgIpc) is 2.54. The third kappa shape index (κ3) is 7.26. The lowest BCUT2D eigenvalue weighted by atomic mass is 10.3. The molecule has 0 aliphatic rings. The molecular formula is C14H23N5O2. The molecule has 0 radical (unpaired) electrons. The van der Waals surface area contributed by atoms with E-state index in [1.54, 1.807) is 38.7 Å². The fourth-order valence-corrected chi connectivity index (χ4v) is 1.60. The lowest BCUT2D eigenvalue weighted by Crippen LogP contribution is -2.42. The number of nitrogens with zero attached hydrogens (tertiary/aromatic N) is 2. The molecule has 1 amide bonds. The fourth-order valence-electron chi connectivity index (χ4n) is 1.60. The van der Waals surface area contributed by atoms with Crippen LogP contribution in [0.4, 0.5) is 0 Å². The standard InChI is InChI=1S/C14H23N5O2/c1-15-14(18-7-4-10-21-2)19-9-8-17-13(20)12-5-3-6-16-11-12/h3,5-6,11H,4,7-10H2,1-2H3,(H,17,20)(H2,15,18,19). The topological polar surface area (TPSA) is 87.6 Å². The molecule has 0 atom stereocenters. The van der Waals surface area contributed by atoms with Crippen molar-refractivity contribution in [2.75, 3.05) is 40.4 Å². The Hall–Kier alpha value is -2.15. The van der Waals surface area contributed by atoms with Gasteiger partial charge in [-0.3, -0.25) is 14.8 Å². The van der Waals surface area contributed by atoms with E-state index < -0.39 is 0 Å². The number of nitrogens with one attached hydrogen (secondary N) is 3. The first-order valence-electron chi connectivity index (χ1n) is 6.89.